The van der Waals surface area contributed by atoms with Gasteiger partial charge in [0.25, 0.3) is 0 Å². The highest BCUT2D eigenvalue weighted by atomic mass is 19.1. The van der Waals surface area contributed by atoms with Crippen LogP contribution >= 0.6 is 0 Å². The number of rotatable bonds is 5. The summed E-state index contributed by atoms with van der Waals surface area (Å²) in [5, 5.41) is 0. The van der Waals surface area contributed by atoms with Crippen LogP contribution in [0.25, 0.3) is 0 Å². The number of nitrogens with zero attached hydrogens (tertiary/aromatic N) is 4. The summed E-state index contributed by atoms with van der Waals surface area (Å²) in [6, 6.07) is 6.13. The van der Waals surface area contributed by atoms with Crippen molar-refractivity contribution < 1.29 is 18.7 Å². The second-order valence-corrected chi connectivity index (χ2v) is 7.86. The van der Waals surface area contributed by atoms with Crippen molar-refractivity contribution in [1.82, 2.24) is 14.9 Å². The first kappa shape index (κ1) is 20.4. The van der Waals surface area contributed by atoms with Gasteiger partial charge in [0.05, 0.1) is 13.0 Å². The summed E-state index contributed by atoms with van der Waals surface area (Å²) in [5.41, 5.74) is 2.48. The van der Waals surface area contributed by atoms with E-state index in [0.717, 1.165) is 29.7 Å². The van der Waals surface area contributed by atoms with Crippen molar-refractivity contribution in [3.8, 4) is 0 Å². The van der Waals surface area contributed by atoms with Crippen LogP contribution in [0.3, 0.4) is 0 Å². The Labute approximate surface area is 174 Å². The van der Waals surface area contributed by atoms with Gasteiger partial charge in [-0.2, -0.15) is 0 Å². The van der Waals surface area contributed by atoms with Crippen molar-refractivity contribution in [2.24, 2.45) is 0 Å². The van der Waals surface area contributed by atoms with Crippen molar-refractivity contribution >= 4 is 17.6 Å². The first-order valence-corrected chi connectivity index (χ1v) is 10.1. The Hall–Kier alpha value is -2.87. The summed E-state index contributed by atoms with van der Waals surface area (Å²) in [6.07, 6.45) is 2.03. The molecule has 158 valence electrons. The number of hydrogen-bond donors (Lipinski definition) is 0. The van der Waals surface area contributed by atoms with Gasteiger partial charge in [-0.1, -0.05) is 12.1 Å². The Morgan fingerprint density at radius 1 is 1.27 bits per heavy atom. The van der Waals surface area contributed by atoms with Crippen LogP contribution in [0.5, 0.6) is 0 Å². The first-order valence-electron chi connectivity index (χ1n) is 10.1. The topological polar surface area (TPSA) is 75.6 Å². The highest BCUT2D eigenvalue weighted by Gasteiger charge is 2.34. The van der Waals surface area contributed by atoms with Crippen LogP contribution in [0, 0.1) is 12.7 Å². The van der Waals surface area contributed by atoms with E-state index < -0.39 is 0 Å². The molecule has 30 heavy (non-hydrogen) atoms. The third-order valence-electron chi connectivity index (χ3n) is 5.76. The zero-order valence-electron chi connectivity index (χ0n) is 17.2. The number of piperidine rings is 1. The molecule has 1 aromatic carbocycles. The minimum absolute atomic E-state index is 0.0203. The molecule has 3 heterocycles. The van der Waals surface area contributed by atoms with E-state index in [4.69, 9.17) is 9.72 Å². The Morgan fingerprint density at radius 3 is 2.77 bits per heavy atom. The maximum Gasteiger partial charge on any atom is 0.248 e. The second-order valence-electron chi connectivity index (χ2n) is 7.86. The van der Waals surface area contributed by atoms with Gasteiger partial charge in [0.15, 0.2) is 0 Å². The summed E-state index contributed by atoms with van der Waals surface area (Å²) in [6.45, 7) is 3.56. The van der Waals surface area contributed by atoms with E-state index in [0.29, 0.717) is 31.3 Å². The number of ether oxygens (including phenoxy) is 1. The molecule has 2 aromatic rings. The molecule has 7 nitrogen and oxygen atoms in total. The molecule has 4 rings (SSSR count). The average Bonchev–Trinajstić information content (AvgIpc) is 3.06. The molecule has 1 saturated heterocycles. The Kier molecular flexibility index (Phi) is 5.76. The molecule has 0 saturated carbocycles. The lowest BCUT2D eigenvalue weighted by molar-refractivity contribution is -0.136. The monoisotopic (exact) mass is 412 g/mol. The van der Waals surface area contributed by atoms with E-state index in [1.54, 1.807) is 21.9 Å². The third kappa shape index (κ3) is 4.05. The maximum absolute atomic E-state index is 13.2. The molecule has 0 bridgehead atoms. The number of methoxy groups -OCH3 is 1. The molecule has 0 N–H and O–H groups in total. The van der Waals surface area contributed by atoms with Crippen LogP contribution in [0.2, 0.25) is 0 Å². The average molecular weight is 412 g/mol. The normalized spacial score (nSPS) is 18.6. The lowest BCUT2D eigenvalue weighted by Gasteiger charge is -2.32. The molecule has 1 unspecified atom stereocenters. The number of carbonyl (C=O) groups is 2. The van der Waals surface area contributed by atoms with Crippen molar-refractivity contribution in [1.29, 1.82) is 0 Å². The molecular weight excluding hydrogens is 387 g/mol. The number of carbonyl (C=O) groups excluding carboxylic acids is 2. The number of fused-ring (bicyclic) bond motifs is 1. The van der Waals surface area contributed by atoms with Crippen molar-refractivity contribution in [3.63, 3.8) is 0 Å². The molecular formula is C22H25FN4O3. The van der Waals surface area contributed by atoms with E-state index >= 15 is 0 Å². The Morgan fingerprint density at radius 2 is 2.03 bits per heavy atom. The predicted octanol–water partition coefficient (Wildman–Crippen LogP) is 2.37. The lowest BCUT2D eigenvalue weighted by atomic mass is 9.96. The molecule has 0 spiro atoms. The molecule has 2 aliphatic heterocycles. The fourth-order valence-corrected chi connectivity index (χ4v) is 4.14. The van der Waals surface area contributed by atoms with Crippen LogP contribution in [0.4, 0.5) is 10.2 Å². The fourth-order valence-electron chi connectivity index (χ4n) is 4.14. The standard InChI is InChI=1S/C22H25FN4O3/c1-14-18-10-19(28)27(11-15-5-7-17(23)8-6-15)22(18)25-21(24-14)16-4-3-9-26(12-16)20(29)13-30-2/h5-8,16H,3-4,9-13H2,1-2H3. The second kappa shape index (κ2) is 8.47. The van der Waals surface area contributed by atoms with Gasteiger partial charge in [-0.15, -0.1) is 0 Å². The number of halogens is 1. The van der Waals surface area contributed by atoms with E-state index in [1.807, 2.05) is 6.92 Å². The molecule has 0 aliphatic carbocycles. The predicted molar refractivity (Wildman–Crippen MR) is 108 cm³/mol. The van der Waals surface area contributed by atoms with Crippen LogP contribution in [-0.2, 0) is 27.3 Å². The number of anilines is 1. The van der Waals surface area contributed by atoms with Crippen molar-refractivity contribution in [3.05, 3.63) is 52.7 Å². The molecule has 2 aliphatic rings. The van der Waals surface area contributed by atoms with E-state index in [2.05, 4.69) is 4.98 Å². The van der Waals surface area contributed by atoms with Gasteiger partial charge in [0.2, 0.25) is 11.8 Å². The SMILES string of the molecule is COCC(=O)N1CCCC(c2nc(C)c3c(n2)N(Cc2ccc(F)cc2)C(=O)C3)C1. The number of likely N-dealkylation sites (tertiary alicyclic amines) is 1. The Bertz CT molecular complexity index is 964. The van der Waals surface area contributed by atoms with Crippen LogP contribution in [-0.4, -0.2) is 53.5 Å². The van der Waals surface area contributed by atoms with E-state index in [9.17, 15) is 14.0 Å². The minimum Gasteiger partial charge on any atom is -0.375 e. The van der Waals surface area contributed by atoms with Gasteiger partial charge in [-0.05, 0) is 37.5 Å². The fraction of sp³-hybridized carbons (Fsp3) is 0.455. The maximum atomic E-state index is 13.2. The van der Waals surface area contributed by atoms with Crippen LogP contribution in [0.1, 0.15) is 41.4 Å². The number of aromatic nitrogens is 2. The number of aryl methyl sites for hydroxylation is 1. The van der Waals surface area contributed by atoms with Gasteiger partial charge in [0.1, 0.15) is 24.1 Å². The van der Waals surface area contributed by atoms with E-state index in [-0.39, 0.29) is 36.6 Å². The molecule has 0 radical (unpaired) electrons. The lowest BCUT2D eigenvalue weighted by Crippen LogP contribution is -2.41. The third-order valence-corrected chi connectivity index (χ3v) is 5.76. The molecule has 1 atom stereocenters. The number of benzene rings is 1. The smallest absolute Gasteiger partial charge is 0.248 e. The quantitative estimate of drug-likeness (QED) is 0.754. The van der Waals surface area contributed by atoms with Crippen molar-refractivity contribution in [2.45, 2.75) is 38.6 Å². The van der Waals surface area contributed by atoms with Gasteiger partial charge in [0, 0.05) is 37.4 Å². The highest BCUT2D eigenvalue weighted by Crippen LogP contribution is 2.33. The summed E-state index contributed by atoms with van der Waals surface area (Å²) >= 11 is 0. The molecule has 1 aromatic heterocycles. The largest absolute Gasteiger partial charge is 0.375 e. The minimum atomic E-state index is -0.308. The van der Waals surface area contributed by atoms with Gasteiger partial charge in [-0.3, -0.25) is 14.5 Å². The summed E-state index contributed by atoms with van der Waals surface area (Å²) in [4.78, 5) is 37.8. The molecule has 2 amide bonds. The summed E-state index contributed by atoms with van der Waals surface area (Å²) < 4.78 is 18.2. The van der Waals surface area contributed by atoms with Crippen molar-refractivity contribution in [2.75, 3.05) is 31.7 Å². The summed E-state index contributed by atoms with van der Waals surface area (Å²) in [7, 11) is 1.51. The molecule has 1 fully saturated rings. The van der Waals surface area contributed by atoms with Crippen LogP contribution in [0.15, 0.2) is 24.3 Å². The zero-order chi connectivity index (χ0) is 21.3. The van der Waals surface area contributed by atoms with Gasteiger partial charge >= 0.3 is 0 Å². The zero-order valence-corrected chi connectivity index (χ0v) is 17.2. The Balaban J connectivity index is 1.59. The highest BCUT2D eigenvalue weighted by molar-refractivity contribution is 6.00. The number of amides is 2. The number of hydrogen-bond acceptors (Lipinski definition) is 5. The summed E-state index contributed by atoms with van der Waals surface area (Å²) in [5.74, 6) is 0.939. The van der Waals surface area contributed by atoms with E-state index in [1.165, 1.54) is 19.2 Å². The van der Waals surface area contributed by atoms with Gasteiger partial charge in [-0.25, -0.2) is 14.4 Å². The van der Waals surface area contributed by atoms with Gasteiger partial charge < -0.3 is 9.64 Å². The van der Waals surface area contributed by atoms with Crippen LogP contribution < -0.4 is 4.90 Å². The first-order chi connectivity index (χ1) is 14.5. The molecule has 8 heteroatoms.